The van der Waals surface area contributed by atoms with Crippen LogP contribution in [0.3, 0.4) is 0 Å². The van der Waals surface area contributed by atoms with Crippen molar-refractivity contribution in [3.05, 3.63) is 88.7 Å². The third-order valence-electron chi connectivity index (χ3n) is 5.68. The number of fused-ring (bicyclic) bond motifs is 1. The highest BCUT2D eigenvalue weighted by Gasteiger charge is 2.38. The first-order valence-electron chi connectivity index (χ1n) is 10.3. The number of pyridine rings is 1. The zero-order valence-electron chi connectivity index (χ0n) is 17.7. The molecule has 0 saturated heterocycles. The number of carbonyl (C=O) groups excluding carboxylic acids is 2. The molecule has 0 saturated carbocycles. The van der Waals surface area contributed by atoms with Crippen molar-refractivity contribution in [2.45, 2.75) is 39.3 Å². The molecule has 6 heteroatoms. The summed E-state index contributed by atoms with van der Waals surface area (Å²) in [6.45, 7) is 5.42. The first-order valence-corrected chi connectivity index (χ1v) is 10.7. The van der Waals surface area contributed by atoms with Crippen LogP contribution in [-0.2, 0) is 4.79 Å². The average molecular weight is 434 g/mol. The van der Waals surface area contributed by atoms with E-state index >= 15 is 0 Å². The normalized spacial score (nSPS) is 17.7. The molecule has 1 aromatic heterocycles. The zero-order chi connectivity index (χ0) is 22.1. The summed E-state index contributed by atoms with van der Waals surface area (Å²) >= 11 is 6.31. The molecule has 0 radical (unpaired) electrons. The van der Waals surface area contributed by atoms with Gasteiger partial charge >= 0.3 is 0 Å². The Morgan fingerprint density at radius 2 is 1.71 bits per heavy atom. The van der Waals surface area contributed by atoms with Crippen molar-refractivity contribution in [3.63, 3.8) is 0 Å². The average Bonchev–Trinajstić information content (AvgIpc) is 2.74. The van der Waals surface area contributed by atoms with Gasteiger partial charge in [0.15, 0.2) is 0 Å². The van der Waals surface area contributed by atoms with Crippen molar-refractivity contribution in [1.29, 1.82) is 0 Å². The molecular formula is C25H24ClN3O2. The van der Waals surface area contributed by atoms with E-state index in [9.17, 15) is 9.59 Å². The van der Waals surface area contributed by atoms with Crippen molar-refractivity contribution in [1.82, 2.24) is 4.98 Å². The number of benzene rings is 2. The van der Waals surface area contributed by atoms with Crippen molar-refractivity contribution < 1.29 is 9.59 Å². The molecule has 1 aliphatic rings. The Bertz CT molecular complexity index is 1130. The Morgan fingerprint density at radius 3 is 2.39 bits per heavy atom. The summed E-state index contributed by atoms with van der Waals surface area (Å²) in [5.74, 6) is -0.228. The molecule has 0 spiro atoms. The fourth-order valence-electron chi connectivity index (χ4n) is 4.32. The monoisotopic (exact) mass is 433 g/mol. The van der Waals surface area contributed by atoms with Crippen molar-refractivity contribution >= 4 is 34.8 Å². The van der Waals surface area contributed by atoms with Gasteiger partial charge < -0.3 is 9.80 Å². The lowest BCUT2D eigenvalue weighted by molar-refractivity contribution is -0.117. The highest BCUT2D eigenvalue weighted by molar-refractivity contribution is 6.33. The van der Waals surface area contributed by atoms with E-state index in [1.54, 1.807) is 24.0 Å². The Kier molecular flexibility index (Phi) is 5.79. The Hall–Kier alpha value is -3.18. The molecule has 4 rings (SSSR count). The summed E-state index contributed by atoms with van der Waals surface area (Å²) in [6, 6.07) is 20.6. The van der Waals surface area contributed by atoms with E-state index in [0.717, 1.165) is 22.6 Å². The standard InChI is InChI=1S/C25H24ClN3O2/c1-16-13-14-21(24(26)27-16)25(31)28-17(2)15-23(20-11-7-8-12-22(20)28)29(18(3)30)19-9-5-4-6-10-19/h4-14,17,23H,15H2,1-3H3/t17-,23+/m0/s1. The van der Waals surface area contributed by atoms with Crippen molar-refractivity contribution in [2.75, 3.05) is 9.80 Å². The van der Waals surface area contributed by atoms with Gasteiger partial charge in [0.1, 0.15) is 5.15 Å². The number of aromatic nitrogens is 1. The second-order valence-corrected chi connectivity index (χ2v) is 8.21. The molecule has 5 nitrogen and oxygen atoms in total. The minimum Gasteiger partial charge on any atom is -0.305 e. The van der Waals surface area contributed by atoms with Gasteiger partial charge in [-0.1, -0.05) is 48.0 Å². The Morgan fingerprint density at radius 1 is 1.03 bits per heavy atom. The number of para-hydroxylation sites is 2. The SMILES string of the molecule is CC(=O)N(c1ccccc1)[C@@H]1C[C@H](C)N(C(=O)c2ccc(C)nc2Cl)c2ccccc21. The van der Waals surface area contributed by atoms with Gasteiger partial charge in [0.2, 0.25) is 5.91 Å². The van der Waals surface area contributed by atoms with Crippen LogP contribution in [0.15, 0.2) is 66.7 Å². The van der Waals surface area contributed by atoms with Crippen LogP contribution in [0.1, 0.15) is 47.9 Å². The fraction of sp³-hybridized carbons (Fsp3) is 0.240. The second-order valence-electron chi connectivity index (χ2n) is 7.85. The summed E-state index contributed by atoms with van der Waals surface area (Å²) in [7, 11) is 0. The van der Waals surface area contributed by atoms with Crippen molar-refractivity contribution in [3.8, 4) is 0 Å². The highest BCUT2D eigenvalue weighted by Crippen LogP contribution is 2.42. The summed E-state index contributed by atoms with van der Waals surface area (Å²) in [5, 5.41) is 0.200. The van der Waals surface area contributed by atoms with Gasteiger partial charge in [-0.05, 0) is 56.2 Å². The molecular weight excluding hydrogens is 410 g/mol. The maximum absolute atomic E-state index is 13.5. The summed E-state index contributed by atoms with van der Waals surface area (Å²) in [6.07, 6.45) is 0.605. The van der Waals surface area contributed by atoms with Gasteiger partial charge in [-0.15, -0.1) is 0 Å². The molecule has 3 aromatic rings. The van der Waals surface area contributed by atoms with Gasteiger partial charge in [0, 0.05) is 30.0 Å². The number of carbonyl (C=O) groups is 2. The maximum Gasteiger partial charge on any atom is 0.261 e. The first-order chi connectivity index (χ1) is 14.9. The number of nitrogens with zero attached hydrogens (tertiary/aromatic N) is 3. The van der Waals surface area contributed by atoms with Gasteiger partial charge in [-0.25, -0.2) is 4.98 Å². The van der Waals surface area contributed by atoms with Crippen LogP contribution in [-0.4, -0.2) is 22.8 Å². The number of hydrogen-bond donors (Lipinski definition) is 0. The van der Waals surface area contributed by atoms with E-state index in [1.807, 2.05) is 73.3 Å². The van der Waals surface area contributed by atoms with Gasteiger partial charge in [-0.3, -0.25) is 9.59 Å². The summed E-state index contributed by atoms with van der Waals surface area (Å²) < 4.78 is 0. The first kappa shape index (κ1) is 21.1. The topological polar surface area (TPSA) is 53.5 Å². The molecule has 2 atom stereocenters. The van der Waals surface area contributed by atoms with E-state index in [2.05, 4.69) is 4.98 Å². The highest BCUT2D eigenvalue weighted by atomic mass is 35.5. The Balaban J connectivity index is 1.79. The number of anilines is 2. The lowest BCUT2D eigenvalue weighted by Gasteiger charge is -2.43. The van der Waals surface area contributed by atoms with Crippen LogP contribution in [0, 0.1) is 6.92 Å². The fourth-order valence-corrected chi connectivity index (χ4v) is 4.60. The van der Waals surface area contributed by atoms with E-state index in [-0.39, 0.29) is 29.1 Å². The molecule has 0 unspecified atom stereocenters. The Labute approximate surface area is 187 Å². The van der Waals surface area contributed by atoms with Crippen LogP contribution in [0.4, 0.5) is 11.4 Å². The number of hydrogen-bond acceptors (Lipinski definition) is 3. The van der Waals surface area contributed by atoms with Gasteiger partial charge in [0.05, 0.1) is 11.6 Å². The quantitative estimate of drug-likeness (QED) is 0.507. The summed E-state index contributed by atoms with van der Waals surface area (Å²) in [5.41, 5.74) is 3.69. The lowest BCUT2D eigenvalue weighted by Crippen LogP contribution is -2.47. The largest absolute Gasteiger partial charge is 0.305 e. The third kappa shape index (κ3) is 3.93. The van der Waals surface area contributed by atoms with Gasteiger partial charge in [0.25, 0.3) is 5.91 Å². The maximum atomic E-state index is 13.5. The molecule has 2 heterocycles. The minimum absolute atomic E-state index is 0.0382. The smallest absolute Gasteiger partial charge is 0.261 e. The molecule has 31 heavy (non-hydrogen) atoms. The van der Waals surface area contributed by atoms with E-state index in [0.29, 0.717) is 12.0 Å². The predicted molar refractivity (Wildman–Crippen MR) is 124 cm³/mol. The van der Waals surface area contributed by atoms with Crippen LogP contribution in [0.25, 0.3) is 0 Å². The molecule has 0 N–H and O–H groups in total. The minimum atomic E-state index is -0.190. The van der Waals surface area contributed by atoms with E-state index in [4.69, 9.17) is 11.6 Å². The number of aryl methyl sites for hydroxylation is 1. The zero-order valence-corrected chi connectivity index (χ0v) is 18.5. The molecule has 0 aliphatic carbocycles. The molecule has 0 fully saturated rings. The molecule has 1 aliphatic heterocycles. The van der Waals surface area contributed by atoms with Crippen LogP contribution in [0.2, 0.25) is 5.15 Å². The summed E-state index contributed by atoms with van der Waals surface area (Å²) in [4.78, 5) is 34.0. The number of rotatable bonds is 3. The third-order valence-corrected chi connectivity index (χ3v) is 5.97. The van der Waals surface area contributed by atoms with Crippen LogP contribution >= 0.6 is 11.6 Å². The molecule has 2 amide bonds. The van der Waals surface area contributed by atoms with Crippen molar-refractivity contribution in [2.24, 2.45) is 0 Å². The predicted octanol–water partition coefficient (Wildman–Crippen LogP) is 5.58. The molecule has 2 aromatic carbocycles. The number of halogens is 1. The molecule has 0 bridgehead atoms. The lowest BCUT2D eigenvalue weighted by atomic mass is 9.89. The van der Waals surface area contributed by atoms with Crippen LogP contribution < -0.4 is 9.80 Å². The second kappa shape index (κ2) is 8.52. The van der Waals surface area contributed by atoms with Crippen LogP contribution in [0.5, 0.6) is 0 Å². The van der Waals surface area contributed by atoms with E-state index in [1.165, 1.54) is 0 Å². The van der Waals surface area contributed by atoms with Gasteiger partial charge in [-0.2, -0.15) is 0 Å². The van der Waals surface area contributed by atoms with E-state index < -0.39 is 0 Å². The number of amides is 2. The molecule has 158 valence electrons.